The van der Waals surface area contributed by atoms with Gasteiger partial charge in [0.05, 0.1) is 0 Å². The first-order valence-corrected chi connectivity index (χ1v) is 6.87. The molecule has 0 aromatic heterocycles. The molecule has 1 rings (SSSR count). The summed E-state index contributed by atoms with van der Waals surface area (Å²) in [5.74, 6) is 2.16. The van der Waals surface area contributed by atoms with Gasteiger partial charge >= 0.3 is 85.7 Å². The first-order valence-electron chi connectivity index (χ1n) is 4.30. The normalized spacial score (nSPS) is 11.4. The molecule has 2 heteroatoms. The van der Waals surface area contributed by atoms with Gasteiger partial charge < -0.3 is 0 Å². The summed E-state index contributed by atoms with van der Waals surface area (Å²) in [6, 6.07) is 10.3. The van der Waals surface area contributed by atoms with Gasteiger partial charge in [0.15, 0.2) is 0 Å². The molecule has 0 aliphatic carbocycles. The van der Waals surface area contributed by atoms with Gasteiger partial charge in [-0.15, -0.1) is 0 Å². The van der Waals surface area contributed by atoms with Crippen molar-refractivity contribution in [2.24, 2.45) is 0 Å². The molecule has 1 nitrogen and oxygen atoms in total. The molecular weight excluding hydrogens is 227 g/mol. The van der Waals surface area contributed by atoms with Gasteiger partial charge in [-0.25, -0.2) is 0 Å². The van der Waals surface area contributed by atoms with E-state index in [0.29, 0.717) is 15.0 Å². The molecule has 1 aromatic rings. The number of ether oxygens (including phenoxy) is 1. The molecule has 0 radical (unpaired) electrons. The van der Waals surface area contributed by atoms with Crippen molar-refractivity contribution in [1.82, 2.24) is 0 Å². The molecule has 0 saturated heterocycles. The molecule has 70 valence electrons. The fourth-order valence-corrected chi connectivity index (χ4v) is 2.01. The van der Waals surface area contributed by atoms with E-state index in [9.17, 15) is 0 Å². The molecule has 0 bridgehead atoms. The maximum atomic E-state index is 5.48. The van der Waals surface area contributed by atoms with Gasteiger partial charge in [0.25, 0.3) is 0 Å². The van der Waals surface area contributed by atoms with Crippen LogP contribution in [0.3, 0.4) is 0 Å². The van der Waals surface area contributed by atoms with Crippen LogP contribution < -0.4 is 0 Å². The van der Waals surface area contributed by atoms with E-state index in [2.05, 4.69) is 24.0 Å². The first kappa shape index (κ1) is 10.4. The molecule has 0 spiro atoms. The van der Waals surface area contributed by atoms with Crippen molar-refractivity contribution >= 4 is 21.0 Å². The van der Waals surface area contributed by atoms with Crippen LogP contribution >= 0.6 is 0 Å². The Labute approximate surface area is 86.0 Å². The van der Waals surface area contributed by atoms with Gasteiger partial charge in [0, 0.05) is 0 Å². The van der Waals surface area contributed by atoms with E-state index in [4.69, 9.17) is 4.74 Å². The molecule has 0 heterocycles. The Hall–Kier alpha value is -0.721. The van der Waals surface area contributed by atoms with Crippen LogP contribution in [0.15, 0.2) is 35.0 Å². The summed E-state index contributed by atoms with van der Waals surface area (Å²) in [7, 11) is 0. The third kappa shape index (κ3) is 3.66. The summed E-state index contributed by atoms with van der Waals surface area (Å²) in [6.45, 7) is 2.78. The molecule has 0 aliphatic heterocycles. The van der Waals surface area contributed by atoms with E-state index in [1.54, 1.807) is 0 Å². The van der Waals surface area contributed by atoms with Crippen molar-refractivity contribution in [2.45, 2.75) is 12.7 Å². The van der Waals surface area contributed by atoms with Crippen molar-refractivity contribution in [3.63, 3.8) is 0 Å². The summed E-state index contributed by atoms with van der Waals surface area (Å²) in [6.07, 6.45) is 2.11. The van der Waals surface area contributed by atoms with Crippen LogP contribution in [-0.4, -0.2) is 21.6 Å². The van der Waals surface area contributed by atoms with E-state index in [1.807, 2.05) is 25.1 Å². The van der Waals surface area contributed by atoms with Crippen molar-refractivity contribution in [1.29, 1.82) is 0 Å². The fourth-order valence-electron chi connectivity index (χ4n) is 0.987. The molecule has 0 atom stereocenters. The Kier molecular flexibility index (Phi) is 4.66. The number of hydrogen-bond donors (Lipinski definition) is 0. The fraction of sp³-hybridized carbons (Fsp3) is 0.273. The van der Waals surface area contributed by atoms with Crippen LogP contribution in [-0.2, 0) is 4.74 Å². The second-order valence-electron chi connectivity index (χ2n) is 2.51. The molecule has 0 N–H and O–H groups in total. The Bertz CT molecular complexity index is 267. The van der Waals surface area contributed by atoms with Gasteiger partial charge in [0.2, 0.25) is 0 Å². The van der Waals surface area contributed by atoms with Crippen LogP contribution in [0.25, 0.3) is 6.08 Å². The van der Waals surface area contributed by atoms with Crippen molar-refractivity contribution < 1.29 is 4.74 Å². The number of benzene rings is 1. The first-order chi connectivity index (χ1) is 6.36. The quantitative estimate of drug-likeness (QED) is 0.581. The predicted molar refractivity (Wildman–Crippen MR) is 57.7 cm³/mol. The van der Waals surface area contributed by atoms with Crippen LogP contribution in [0.1, 0.15) is 12.5 Å². The molecule has 0 amide bonds. The zero-order valence-electron chi connectivity index (χ0n) is 7.99. The number of rotatable bonds is 4. The summed E-state index contributed by atoms with van der Waals surface area (Å²) >= 11 is 0.436. The van der Waals surface area contributed by atoms with E-state index in [0.717, 1.165) is 11.3 Å². The van der Waals surface area contributed by atoms with E-state index >= 15 is 0 Å². The second-order valence-corrected chi connectivity index (χ2v) is 4.21. The average molecular weight is 241 g/mol. The van der Waals surface area contributed by atoms with Crippen LogP contribution in [0.5, 0.6) is 0 Å². The van der Waals surface area contributed by atoms with E-state index in [1.165, 1.54) is 5.56 Å². The monoisotopic (exact) mass is 242 g/mol. The SMILES string of the molecule is CCOC(=Cc1ccccc1)[Se]C. The predicted octanol–water partition coefficient (Wildman–Crippen LogP) is 2.77. The number of hydrogen-bond acceptors (Lipinski definition) is 1. The third-order valence-corrected chi connectivity index (χ3v) is 2.91. The Morgan fingerprint density at radius 3 is 2.62 bits per heavy atom. The van der Waals surface area contributed by atoms with Gasteiger partial charge in [0.1, 0.15) is 0 Å². The molecule has 1 aromatic carbocycles. The minimum absolute atomic E-state index is 0.436. The Balaban J connectivity index is 2.73. The average Bonchev–Trinajstić information content (AvgIpc) is 2.19. The Morgan fingerprint density at radius 2 is 2.08 bits per heavy atom. The standard InChI is InChI=1S/C11H14OSe/c1-3-12-11(13-2)9-10-7-5-4-6-8-10/h4-9H,3H2,1-2H3. The Morgan fingerprint density at radius 1 is 1.38 bits per heavy atom. The van der Waals surface area contributed by atoms with Crippen molar-refractivity contribution in [3.8, 4) is 0 Å². The van der Waals surface area contributed by atoms with Gasteiger partial charge in [-0.05, 0) is 0 Å². The van der Waals surface area contributed by atoms with E-state index < -0.39 is 0 Å². The van der Waals surface area contributed by atoms with Gasteiger partial charge in [-0.2, -0.15) is 0 Å². The summed E-state index contributed by atoms with van der Waals surface area (Å²) in [5, 5.41) is 0. The molecule has 0 saturated carbocycles. The second kappa shape index (κ2) is 5.85. The third-order valence-electron chi connectivity index (χ3n) is 1.57. The van der Waals surface area contributed by atoms with Crippen molar-refractivity contribution in [2.75, 3.05) is 6.61 Å². The molecular formula is C11H14OSe. The van der Waals surface area contributed by atoms with Crippen molar-refractivity contribution in [3.05, 3.63) is 40.6 Å². The van der Waals surface area contributed by atoms with Crippen LogP contribution in [0, 0.1) is 0 Å². The summed E-state index contributed by atoms with van der Waals surface area (Å²) < 4.78 is 6.60. The molecule has 0 aliphatic rings. The summed E-state index contributed by atoms with van der Waals surface area (Å²) in [5.41, 5.74) is 1.22. The molecule has 13 heavy (non-hydrogen) atoms. The maximum absolute atomic E-state index is 5.48. The molecule has 0 unspecified atom stereocenters. The zero-order valence-corrected chi connectivity index (χ0v) is 9.70. The topological polar surface area (TPSA) is 9.23 Å². The van der Waals surface area contributed by atoms with E-state index in [-0.39, 0.29) is 0 Å². The van der Waals surface area contributed by atoms with Gasteiger partial charge in [-0.1, -0.05) is 0 Å². The minimum atomic E-state index is 0.436. The van der Waals surface area contributed by atoms with Crippen LogP contribution in [0.2, 0.25) is 5.82 Å². The van der Waals surface area contributed by atoms with Gasteiger partial charge in [-0.3, -0.25) is 0 Å². The van der Waals surface area contributed by atoms with Crippen LogP contribution in [0.4, 0.5) is 0 Å². The zero-order chi connectivity index (χ0) is 9.52. The summed E-state index contributed by atoms with van der Waals surface area (Å²) in [4.78, 5) is 0. The molecule has 0 fully saturated rings.